The summed E-state index contributed by atoms with van der Waals surface area (Å²) in [7, 11) is 0. The molecule has 0 saturated heterocycles. The zero-order valence-electron chi connectivity index (χ0n) is 13.0. The molecule has 0 unspecified atom stereocenters. The first-order chi connectivity index (χ1) is 11.6. The number of pyridine rings is 1. The second-order valence-corrected chi connectivity index (χ2v) is 5.81. The van der Waals surface area contributed by atoms with Crippen LogP contribution in [0.15, 0.2) is 60.8 Å². The van der Waals surface area contributed by atoms with Gasteiger partial charge >= 0.3 is 0 Å². The Hall–Kier alpha value is -3.27. The number of hydrogen-bond acceptors (Lipinski definition) is 3. The van der Waals surface area contributed by atoms with E-state index in [1.807, 2.05) is 43.3 Å². The molecule has 4 heteroatoms. The lowest BCUT2D eigenvalue weighted by molar-refractivity contribution is 0.102. The lowest BCUT2D eigenvalue weighted by Crippen LogP contribution is -2.13. The molecule has 1 aliphatic rings. The topological polar surface area (TPSA) is 59.1 Å². The number of fused-ring (bicyclic) bond motifs is 3. The fourth-order valence-electron chi connectivity index (χ4n) is 2.96. The predicted octanol–water partition coefficient (Wildman–Crippen LogP) is 3.85. The largest absolute Gasteiger partial charge is 0.307 e. The third-order valence-corrected chi connectivity index (χ3v) is 4.15. The van der Waals surface area contributed by atoms with Crippen LogP contribution in [0.5, 0.6) is 0 Å². The van der Waals surface area contributed by atoms with E-state index in [1.54, 1.807) is 24.4 Å². The first-order valence-electron chi connectivity index (χ1n) is 7.65. The van der Waals surface area contributed by atoms with Crippen LogP contribution in [0, 0.1) is 6.92 Å². The van der Waals surface area contributed by atoms with Crippen molar-refractivity contribution in [3.63, 3.8) is 0 Å². The Morgan fingerprint density at radius 3 is 2.46 bits per heavy atom. The fraction of sp³-hybridized carbons (Fsp3) is 0.0500. The number of amides is 1. The molecule has 4 nitrogen and oxygen atoms in total. The summed E-state index contributed by atoms with van der Waals surface area (Å²) in [6.45, 7) is 1.93. The highest BCUT2D eigenvalue weighted by atomic mass is 16.1. The number of carbonyl (C=O) groups excluding carboxylic acids is 2. The molecule has 0 spiro atoms. The van der Waals surface area contributed by atoms with E-state index in [9.17, 15) is 9.59 Å². The molecular formula is C20H14N2O2. The van der Waals surface area contributed by atoms with Gasteiger partial charge in [0.25, 0.3) is 5.91 Å². The summed E-state index contributed by atoms with van der Waals surface area (Å²) in [6, 6.07) is 16.4. The van der Waals surface area contributed by atoms with Crippen LogP contribution in [0.25, 0.3) is 11.1 Å². The molecule has 1 aromatic heterocycles. The van der Waals surface area contributed by atoms with Gasteiger partial charge in [-0.15, -0.1) is 0 Å². The number of carbonyl (C=O) groups is 2. The molecule has 0 aliphatic heterocycles. The van der Waals surface area contributed by atoms with Gasteiger partial charge in [-0.2, -0.15) is 0 Å². The third kappa shape index (κ3) is 2.29. The second kappa shape index (κ2) is 5.42. The van der Waals surface area contributed by atoms with Gasteiger partial charge < -0.3 is 5.32 Å². The molecular weight excluding hydrogens is 300 g/mol. The summed E-state index contributed by atoms with van der Waals surface area (Å²) in [5.74, 6) is 0.179. The Labute approximate surface area is 139 Å². The van der Waals surface area contributed by atoms with Gasteiger partial charge in [0, 0.05) is 22.9 Å². The fourth-order valence-corrected chi connectivity index (χ4v) is 2.96. The quantitative estimate of drug-likeness (QED) is 0.611. The molecule has 3 aromatic rings. The molecule has 0 saturated carbocycles. The zero-order chi connectivity index (χ0) is 16.7. The van der Waals surface area contributed by atoms with Crippen LogP contribution in [-0.2, 0) is 0 Å². The van der Waals surface area contributed by atoms with Crippen LogP contribution >= 0.6 is 0 Å². The van der Waals surface area contributed by atoms with Crippen LogP contribution in [0.3, 0.4) is 0 Å². The number of hydrogen-bond donors (Lipinski definition) is 1. The van der Waals surface area contributed by atoms with E-state index in [4.69, 9.17) is 0 Å². The number of nitrogens with one attached hydrogen (secondary N) is 1. The average molecular weight is 314 g/mol. The molecule has 24 heavy (non-hydrogen) atoms. The number of rotatable bonds is 2. The Balaban J connectivity index is 1.67. The van der Waals surface area contributed by atoms with E-state index in [-0.39, 0.29) is 11.7 Å². The number of anilines is 1. The number of aromatic nitrogens is 1. The molecule has 2 aromatic carbocycles. The lowest BCUT2D eigenvalue weighted by Gasteiger charge is -2.07. The van der Waals surface area contributed by atoms with E-state index in [2.05, 4.69) is 10.3 Å². The smallest absolute Gasteiger partial charge is 0.256 e. The van der Waals surface area contributed by atoms with E-state index in [0.29, 0.717) is 22.5 Å². The Bertz CT molecular complexity index is 992. The summed E-state index contributed by atoms with van der Waals surface area (Å²) in [5.41, 5.74) is 4.51. The van der Waals surface area contributed by atoms with E-state index < -0.39 is 0 Å². The minimum Gasteiger partial charge on any atom is -0.307 e. The second-order valence-electron chi connectivity index (χ2n) is 5.81. The molecule has 0 atom stereocenters. The van der Waals surface area contributed by atoms with Gasteiger partial charge in [0.2, 0.25) is 0 Å². The minimum absolute atomic E-state index is 0.0380. The molecule has 0 fully saturated rings. The van der Waals surface area contributed by atoms with E-state index in [1.165, 1.54) is 0 Å². The van der Waals surface area contributed by atoms with Gasteiger partial charge in [-0.3, -0.25) is 9.59 Å². The van der Waals surface area contributed by atoms with Crippen molar-refractivity contribution in [3.05, 3.63) is 83.0 Å². The normalized spacial score (nSPS) is 11.8. The van der Waals surface area contributed by atoms with Crippen molar-refractivity contribution in [1.29, 1.82) is 0 Å². The summed E-state index contributed by atoms with van der Waals surface area (Å²) in [4.78, 5) is 29.1. The van der Waals surface area contributed by atoms with Crippen molar-refractivity contribution in [2.24, 2.45) is 0 Å². The lowest BCUT2D eigenvalue weighted by atomic mass is 10.0. The monoisotopic (exact) mass is 314 g/mol. The van der Waals surface area contributed by atoms with Crippen LogP contribution in [0.2, 0.25) is 0 Å². The van der Waals surface area contributed by atoms with Gasteiger partial charge in [0.1, 0.15) is 5.82 Å². The Morgan fingerprint density at radius 1 is 0.917 bits per heavy atom. The zero-order valence-corrected chi connectivity index (χ0v) is 13.0. The van der Waals surface area contributed by atoms with Crippen molar-refractivity contribution >= 4 is 17.5 Å². The maximum absolute atomic E-state index is 12.5. The number of benzene rings is 2. The Kier molecular flexibility index (Phi) is 3.24. The van der Waals surface area contributed by atoms with E-state index in [0.717, 1.165) is 16.7 Å². The number of aryl methyl sites for hydroxylation is 1. The van der Waals surface area contributed by atoms with Crippen LogP contribution in [0.1, 0.15) is 31.8 Å². The Morgan fingerprint density at radius 2 is 1.67 bits per heavy atom. The number of nitrogens with zero attached hydrogens (tertiary/aromatic N) is 1. The molecule has 0 bridgehead atoms. The minimum atomic E-state index is -0.278. The van der Waals surface area contributed by atoms with Crippen molar-refractivity contribution in [2.75, 3.05) is 5.32 Å². The maximum Gasteiger partial charge on any atom is 0.256 e. The van der Waals surface area contributed by atoms with E-state index >= 15 is 0 Å². The average Bonchev–Trinajstić information content (AvgIpc) is 2.88. The third-order valence-electron chi connectivity index (χ3n) is 4.15. The molecule has 4 rings (SSSR count). The standard InChI is InChI=1S/C20H14N2O2/c1-12-8-9-21-18(10-12)22-20(24)13-6-7-15-14-4-2-3-5-16(14)19(23)17(15)11-13/h2-11H,1H3,(H,21,22,24). The highest BCUT2D eigenvalue weighted by Crippen LogP contribution is 2.36. The highest BCUT2D eigenvalue weighted by Gasteiger charge is 2.27. The molecule has 0 radical (unpaired) electrons. The number of ketones is 1. The van der Waals surface area contributed by atoms with Gasteiger partial charge in [0.15, 0.2) is 5.78 Å². The van der Waals surface area contributed by atoms with Gasteiger partial charge in [-0.25, -0.2) is 4.98 Å². The predicted molar refractivity (Wildman–Crippen MR) is 92.2 cm³/mol. The van der Waals surface area contributed by atoms with Gasteiger partial charge in [0.05, 0.1) is 0 Å². The molecule has 1 amide bonds. The summed E-state index contributed by atoms with van der Waals surface area (Å²) < 4.78 is 0. The first kappa shape index (κ1) is 14.3. The molecule has 1 N–H and O–H groups in total. The van der Waals surface area contributed by atoms with Crippen molar-refractivity contribution in [2.45, 2.75) is 6.92 Å². The summed E-state index contributed by atoms with van der Waals surface area (Å²) in [5, 5.41) is 2.76. The SMILES string of the molecule is Cc1ccnc(NC(=O)c2ccc3c(c2)C(=O)c2ccccc2-3)c1. The summed E-state index contributed by atoms with van der Waals surface area (Å²) in [6.07, 6.45) is 1.65. The van der Waals surface area contributed by atoms with Gasteiger partial charge in [-0.1, -0.05) is 30.3 Å². The van der Waals surface area contributed by atoms with Crippen molar-refractivity contribution in [1.82, 2.24) is 4.98 Å². The summed E-state index contributed by atoms with van der Waals surface area (Å²) >= 11 is 0. The van der Waals surface area contributed by atoms with Crippen molar-refractivity contribution in [3.8, 4) is 11.1 Å². The molecule has 1 aliphatic carbocycles. The maximum atomic E-state index is 12.5. The first-order valence-corrected chi connectivity index (χ1v) is 7.65. The molecule has 1 heterocycles. The van der Waals surface area contributed by atoms with Gasteiger partial charge in [-0.05, 0) is 47.9 Å². The highest BCUT2D eigenvalue weighted by molar-refractivity contribution is 6.22. The van der Waals surface area contributed by atoms with Crippen LogP contribution in [0.4, 0.5) is 5.82 Å². The van der Waals surface area contributed by atoms with Crippen molar-refractivity contribution < 1.29 is 9.59 Å². The van der Waals surface area contributed by atoms with Crippen LogP contribution in [-0.4, -0.2) is 16.7 Å². The van der Waals surface area contributed by atoms with Crippen LogP contribution < -0.4 is 5.32 Å². The molecule has 116 valence electrons.